The lowest BCUT2D eigenvalue weighted by atomic mass is 9.97. The Morgan fingerprint density at radius 3 is 2.53 bits per heavy atom. The molecule has 3 fully saturated rings. The Morgan fingerprint density at radius 2 is 1.77 bits per heavy atom. The van der Waals surface area contributed by atoms with E-state index in [0.29, 0.717) is 37.9 Å². The molecule has 0 aliphatic carbocycles. The maximum Gasteiger partial charge on any atom is 0.321 e. The Balaban J connectivity index is 1.24. The molecule has 0 spiro atoms. The summed E-state index contributed by atoms with van der Waals surface area (Å²) in [5, 5.41) is 7.16. The van der Waals surface area contributed by atoms with Gasteiger partial charge in [-0.2, -0.15) is 5.10 Å². The number of hydrogen-bond acceptors (Lipinski definition) is 6. The van der Waals surface area contributed by atoms with Crippen LogP contribution in [0.2, 0.25) is 0 Å². The summed E-state index contributed by atoms with van der Waals surface area (Å²) in [5.74, 6) is 0.512. The molecule has 0 saturated carbocycles. The minimum atomic E-state index is -0.0965. The maximum absolute atomic E-state index is 12.7. The number of morpholine rings is 2. The van der Waals surface area contributed by atoms with Crippen molar-refractivity contribution < 1.29 is 19.1 Å². The van der Waals surface area contributed by atoms with Crippen LogP contribution < -0.4 is 5.32 Å². The van der Waals surface area contributed by atoms with Crippen LogP contribution in [0.3, 0.4) is 0 Å². The Bertz CT molecular complexity index is 714. The topological polar surface area (TPSA) is 92.2 Å². The standard InChI is InChI=1S/C20H32N6O4/c27-19(24-6-10-30-11-7-24)16-26-15-18(12-21-26)22-20(28)25-3-1-2-17(14-25)13-23-4-8-29-9-5-23/h12,15,17H,1-11,13-14,16H2,(H,22,28)/t17-/m1/s1. The number of carbonyl (C=O) groups excluding carboxylic acids is 2. The third-order valence-electron chi connectivity index (χ3n) is 5.97. The molecular weight excluding hydrogens is 388 g/mol. The quantitative estimate of drug-likeness (QED) is 0.738. The molecule has 4 heterocycles. The van der Waals surface area contributed by atoms with Crippen molar-refractivity contribution in [1.29, 1.82) is 0 Å². The van der Waals surface area contributed by atoms with Crippen molar-refractivity contribution >= 4 is 17.6 Å². The SMILES string of the molecule is O=C(Cn1cc(NC(=O)N2CCC[C@H](CN3CCOCC3)C2)cn1)N1CCOCC1. The zero-order chi connectivity index (χ0) is 20.8. The fraction of sp³-hybridized carbons (Fsp3) is 0.750. The Morgan fingerprint density at radius 1 is 1.03 bits per heavy atom. The summed E-state index contributed by atoms with van der Waals surface area (Å²) in [7, 11) is 0. The zero-order valence-electron chi connectivity index (χ0n) is 17.5. The molecule has 0 unspecified atom stereocenters. The van der Waals surface area contributed by atoms with Gasteiger partial charge >= 0.3 is 6.03 Å². The minimum absolute atomic E-state index is 0.0151. The van der Waals surface area contributed by atoms with Crippen LogP contribution in [0.25, 0.3) is 0 Å². The van der Waals surface area contributed by atoms with Gasteiger partial charge in [0.25, 0.3) is 0 Å². The molecule has 10 nitrogen and oxygen atoms in total. The van der Waals surface area contributed by atoms with Crippen molar-refractivity contribution in [3.05, 3.63) is 12.4 Å². The average molecular weight is 421 g/mol. The van der Waals surface area contributed by atoms with Crippen molar-refractivity contribution in [2.75, 3.05) is 77.6 Å². The number of aromatic nitrogens is 2. The highest BCUT2D eigenvalue weighted by Gasteiger charge is 2.26. The highest BCUT2D eigenvalue weighted by molar-refractivity contribution is 5.89. The summed E-state index contributed by atoms with van der Waals surface area (Å²) in [6, 6.07) is -0.0965. The van der Waals surface area contributed by atoms with Gasteiger partial charge in [-0.25, -0.2) is 4.79 Å². The van der Waals surface area contributed by atoms with Gasteiger partial charge in [0.15, 0.2) is 0 Å². The van der Waals surface area contributed by atoms with E-state index in [4.69, 9.17) is 9.47 Å². The van der Waals surface area contributed by atoms with Crippen LogP contribution >= 0.6 is 0 Å². The second-order valence-corrected chi connectivity index (χ2v) is 8.22. The van der Waals surface area contributed by atoms with Gasteiger partial charge in [-0.1, -0.05) is 0 Å². The molecule has 3 aliphatic rings. The number of rotatable bonds is 5. The molecule has 3 aliphatic heterocycles. The second-order valence-electron chi connectivity index (χ2n) is 8.22. The van der Waals surface area contributed by atoms with E-state index < -0.39 is 0 Å². The number of ether oxygens (including phenoxy) is 2. The number of urea groups is 1. The predicted molar refractivity (Wildman–Crippen MR) is 110 cm³/mol. The van der Waals surface area contributed by atoms with E-state index in [-0.39, 0.29) is 18.5 Å². The van der Waals surface area contributed by atoms with Gasteiger partial charge < -0.3 is 24.6 Å². The van der Waals surface area contributed by atoms with Crippen LogP contribution in [0.4, 0.5) is 10.5 Å². The van der Waals surface area contributed by atoms with Crippen LogP contribution in [-0.4, -0.2) is 109 Å². The third kappa shape index (κ3) is 5.71. The molecule has 0 aromatic carbocycles. The van der Waals surface area contributed by atoms with Crippen molar-refractivity contribution in [2.24, 2.45) is 5.92 Å². The molecule has 3 saturated heterocycles. The van der Waals surface area contributed by atoms with Gasteiger partial charge in [0, 0.05) is 52.0 Å². The minimum Gasteiger partial charge on any atom is -0.379 e. The normalized spacial score (nSPS) is 23.4. The number of anilines is 1. The van der Waals surface area contributed by atoms with E-state index in [0.717, 1.165) is 58.8 Å². The van der Waals surface area contributed by atoms with E-state index in [1.54, 1.807) is 22.0 Å². The first-order valence-corrected chi connectivity index (χ1v) is 10.9. The average Bonchev–Trinajstić information content (AvgIpc) is 3.22. The monoisotopic (exact) mass is 420 g/mol. The highest BCUT2D eigenvalue weighted by Crippen LogP contribution is 2.19. The van der Waals surface area contributed by atoms with E-state index in [1.807, 2.05) is 4.90 Å². The number of nitrogens with zero attached hydrogens (tertiary/aromatic N) is 5. The molecule has 10 heteroatoms. The molecule has 0 radical (unpaired) electrons. The van der Waals surface area contributed by atoms with E-state index in [2.05, 4.69) is 15.3 Å². The van der Waals surface area contributed by atoms with E-state index >= 15 is 0 Å². The number of likely N-dealkylation sites (tertiary alicyclic amines) is 1. The highest BCUT2D eigenvalue weighted by atomic mass is 16.5. The van der Waals surface area contributed by atoms with Gasteiger partial charge in [-0.15, -0.1) is 0 Å². The smallest absolute Gasteiger partial charge is 0.321 e. The first-order chi connectivity index (χ1) is 14.7. The van der Waals surface area contributed by atoms with Crippen molar-refractivity contribution in [1.82, 2.24) is 24.5 Å². The van der Waals surface area contributed by atoms with Crippen LogP contribution in [0.1, 0.15) is 12.8 Å². The van der Waals surface area contributed by atoms with Gasteiger partial charge in [0.05, 0.1) is 38.3 Å². The summed E-state index contributed by atoms with van der Waals surface area (Å²) < 4.78 is 12.3. The first-order valence-electron chi connectivity index (χ1n) is 10.9. The fourth-order valence-corrected chi connectivity index (χ4v) is 4.32. The lowest BCUT2D eigenvalue weighted by molar-refractivity contribution is -0.136. The molecule has 30 heavy (non-hydrogen) atoms. The Labute approximate surface area is 177 Å². The van der Waals surface area contributed by atoms with Crippen molar-refractivity contribution in [3.8, 4) is 0 Å². The van der Waals surface area contributed by atoms with E-state index in [9.17, 15) is 9.59 Å². The number of piperidine rings is 1. The summed E-state index contributed by atoms with van der Waals surface area (Å²) in [4.78, 5) is 31.2. The van der Waals surface area contributed by atoms with Crippen LogP contribution in [0.5, 0.6) is 0 Å². The summed E-state index contributed by atoms with van der Waals surface area (Å²) in [6.45, 7) is 8.68. The van der Waals surface area contributed by atoms with Gasteiger partial charge in [0.2, 0.25) is 5.91 Å². The van der Waals surface area contributed by atoms with Gasteiger partial charge in [-0.3, -0.25) is 14.4 Å². The maximum atomic E-state index is 12.7. The number of hydrogen-bond donors (Lipinski definition) is 1. The third-order valence-corrected chi connectivity index (χ3v) is 5.97. The molecule has 3 amide bonds. The van der Waals surface area contributed by atoms with Crippen molar-refractivity contribution in [3.63, 3.8) is 0 Å². The Hall–Kier alpha value is -2.17. The number of amides is 3. The largest absolute Gasteiger partial charge is 0.379 e. The molecule has 0 bridgehead atoms. The lowest BCUT2D eigenvalue weighted by Gasteiger charge is -2.36. The van der Waals surface area contributed by atoms with E-state index in [1.165, 1.54) is 0 Å². The first kappa shape index (κ1) is 21.1. The van der Waals surface area contributed by atoms with Crippen LogP contribution in [-0.2, 0) is 20.8 Å². The number of carbonyl (C=O) groups is 2. The molecule has 1 aromatic rings. The molecule has 1 aromatic heterocycles. The summed E-state index contributed by atoms with van der Waals surface area (Å²) in [6.07, 6.45) is 5.49. The Kier molecular flexibility index (Phi) is 7.19. The molecule has 1 atom stereocenters. The number of nitrogens with one attached hydrogen (secondary N) is 1. The second kappa shape index (κ2) is 10.2. The van der Waals surface area contributed by atoms with Gasteiger partial charge in [0.1, 0.15) is 6.54 Å². The summed E-state index contributed by atoms with van der Waals surface area (Å²) >= 11 is 0. The summed E-state index contributed by atoms with van der Waals surface area (Å²) in [5.41, 5.74) is 0.616. The van der Waals surface area contributed by atoms with Gasteiger partial charge in [-0.05, 0) is 18.8 Å². The fourth-order valence-electron chi connectivity index (χ4n) is 4.32. The molecule has 4 rings (SSSR count). The van der Waals surface area contributed by atoms with Crippen LogP contribution in [0, 0.1) is 5.92 Å². The lowest BCUT2D eigenvalue weighted by Crippen LogP contribution is -2.47. The predicted octanol–water partition coefficient (Wildman–Crippen LogP) is 0.318. The molecule has 166 valence electrons. The van der Waals surface area contributed by atoms with Crippen molar-refractivity contribution in [2.45, 2.75) is 19.4 Å². The zero-order valence-corrected chi connectivity index (χ0v) is 17.5. The van der Waals surface area contributed by atoms with Crippen LogP contribution in [0.15, 0.2) is 12.4 Å². The molecular formula is C20H32N6O4. The molecule has 1 N–H and O–H groups in total.